The van der Waals surface area contributed by atoms with Crippen LogP contribution >= 0.6 is 19.4 Å². The molecular formula is C5H11OPS. The first-order valence-corrected chi connectivity index (χ1v) is 5.36. The van der Waals surface area contributed by atoms with Crippen LogP contribution < -0.4 is 0 Å². The summed E-state index contributed by atoms with van der Waals surface area (Å²) < 4.78 is 5.34. The maximum absolute atomic E-state index is 5.34. The molecule has 1 rings (SSSR count). The van der Waals surface area contributed by atoms with Crippen LogP contribution in [0.4, 0.5) is 0 Å². The minimum absolute atomic E-state index is 0.504. The summed E-state index contributed by atoms with van der Waals surface area (Å²) in [6.07, 6.45) is 1.72. The molecule has 0 amide bonds. The average Bonchev–Trinajstić information content (AvgIpc) is 1.64. The molecule has 1 aliphatic heterocycles. The van der Waals surface area contributed by atoms with E-state index in [1.54, 1.807) is 0 Å². The molecule has 0 aliphatic carbocycles. The lowest BCUT2D eigenvalue weighted by Crippen LogP contribution is -2.12. The van der Waals surface area contributed by atoms with E-state index in [9.17, 15) is 0 Å². The molecule has 48 valence electrons. The molecule has 0 aromatic rings. The molecule has 1 aliphatic rings. The molecule has 0 spiro atoms. The first-order valence-electron chi connectivity index (χ1n) is 2.85. The third-order valence-corrected chi connectivity index (χ3v) is 4.14. The van der Waals surface area contributed by atoms with Gasteiger partial charge in [0.2, 0.25) is 0 Å². The van der Waals surface area contributed by atoms with Crippen molar-refractivity contribution in [2.24, 2.45) is 0 Å². The highest BCUT2D eigenvalue weighted by molar-refractivity contribution is 8.48. The summed E-state index contributed by atoms with van der Waals surface area (Å²) in [7, 11) is 0.679. The maximum atomic E-state index is 5.34. The highest BCUT2D eigenvalue weighted by Crippen LogP contribution is 2.42. The Labute approximate surface area is 56.2 Å². The molecule has 3 heteroatoms. The zero-order valence-electron chi connectivity index (χ0n) is 5.18. The molecule has 0 radical (unpaired) electrons. The Kier molecular flexibility index (Phi) is 2.61. The molecule has 1 saturated heterocycles. The van der Waals surface area contributed by atoms with Crippen LogP contribution in [0, 0.1) is 0 Å². The second-order valence-electron chi connectivity index (χ2n) is 2.18. The predicted octanol–water partition coefficient (Wildman–Crippen LogP) is 2.43. The zero-order chi connectivity index (χ0) is 5.98. The standard InChI is InChI=1S/C5H11OPS/c1-4-3-5(2)8-7-6-4/h4-5,7H,3H2,1-2H3. The third-order valence-electron chi connectivity index (χ3n) is 1.16. The molecule has 1 heterocycles. The van der Waals surface area contributed by atoms with Crippen LogP contribution in [0.15, 0.2) is 0 Å². The quantitative estimate of drug-likeness (QED) is 0.490. The largest absolute Gasteiger partial charge is 0.348 e. The lowest BCUT2D eigenvalue weighted by Gasteiger charge is -2.22. The lowest BCUT2D eigenvalue weighted by atomic mass is 10.2. The molecule has 3 atom stereocenters. The van der Waals surface area contributed by atoms with E-state index in [4.69, 9.17) is 4.52 Å². The fraction of sp³-hybridized carbons (Fsp3) is 1.00. The molecule has 1 fully saturated rings. The van der Waals surface area contributed by atoms with E-state index in [0.29, 0.717) is 14.1 Å². The summed E-state index contributed by atoms with van der Waals surface area (Å²) in [6.45, 7) is 4.40. The van der Waals surface area contributed by atoms with Crippen LogP contribution in [-0.2, 0) is 4.52 Å². The SMILES string of the molecule is CC1CC(C)SPO1. The molecule has 1 nitrogen and oxygen atoms in total. The van der Waals surface area contributed by atoms with E-state index >= 15 is 0 Å². The smallest absolute Gasteiger partial charge is 0.0751 e. The van der Waals surface area contributed by atoms with Gasteiger partial charge in [-0.25, -0.2) is 0 Å². The molecule has 0 bridgehead atoms. The molecule has 0 N–H and O–H groups in total. The number of rotatable bonds is 0. The molecule has 0 aromatic carbocycles. The Balaban J connectivity index is 2.23. The average molecular weight is 150 g/mol. The molecule has 0 aromatic heterocycles. The van der Waals surface area contributed by atoms with Gasteiger partial charge < -0.3 is 4.52 Å². The fourth-order valence-corrected chi connectivity index (χ4v) is 3.04. The van der Waals surface area contributed by atoms with E-state index in [0.717, 1.165) is 5.25 Å². The number of hydrogen-bond donors (Lipinski definition) is 0. The van der Waals surface area contributed by atoms with Gasteiger partial charge in [-0.3, -0.25) is 0 Å². The second-order valence-corrected chi connectivity index (χ2v) is 4.83. The fourth-order valence-electron chi connectivity index (χ4n) is 0.756. The minimum atomic E-state index is 0.504. The Morgan fingerprint density at radius 1 is 1.62 bits per heavy atom. The molecule has 3 unspecified atom stereocenters. The van der Waals surface area contributed by atoms with Crippen molar-refractivity contribution in [3.63, 3.8) is 0 Å². The van der Waals surface area contributed by atoms with Crippen molar-refractivity contribution < 1.29 is 4.52 Å². The summed E-state index contributed by atoms with van der Waals surface area (Å²) in [4.78, 5) is 0. The predicted molar refractivity (Wildman–Crippen MR) is 40.5 cm³/mol. The van der Waals surface area contributed by atoms with Gasteiger partial charge in [0.05, 0.1) is 14.1 Å². The van der Waals surface area contributed by atoms with Crippen molar-refractivity contribution >= 4 is 19.4 Å². The lowest BCUT2D eigenvalue weighted by molar-refractivity contribution is 0.244. The van der Waals surface area contributed by atoms with Crippen molar-refractivity contribution in [1.82, 2.24) is 0 Å². The van der Waals surface area contributed by atoms with Gasteiger partial charge in [0, 0.05) is 5.25 Å². The maximum Gasteiger partial charge on any atom is 0.0751 e. The van der Waals surface area contributed by atoms with Crippen molar-refractivity contribution in [2.45, 2.75) is 31.6 Å². The van der Waals surface area contributed by atoms with Crippen molar-refractivity contribution in [3.8, 4) is 0 Å². The minimum Gasteiger partial charge on any atom is -0.348 e. The Morgan fingerprint density at radius 3 is 2.75 bits per heavy atom. The Morgan fingerprint density at radius 2 is 2.38 bits per heavy atom. The van der Waals surface area contributed by atoms with Gasteiger partial charge in [0.25, 0.3) is 0 Å². The van der Waals surface area contributed by atoms with Crippen molar-refractivity contribution in [2.75, 3.05) is 0 Å². The summed E-state index contributed by atoms with van der Waals surface area (Å²) in [6, 6.07) is 0. The summed E-state index contributed by atoms with van der Waals surface area (Å²) in [5.74, 6) is 0. The van der Waals surface area contributed by atoms with Gasteiger partial charge in [-0.15, -0.1) is 11.4 Å². The van der Waals surface area contributed by atoms with Gasteiger partial charge >= 0.3 is 0 Å². The topological polar surface area (TPSA) is 9.23 Å². The first-order chi connectivity index (χ1) is 3.79. The van der Waals surface area contributed by atoms with E-state index in [-0.39, 0.29) is 0 Å². The van der Waals surface area contributed by atoms with Crippen LogP contribution in [-0.4, -0.2) is 11.4 Å². The molecule has 0 saturated carbocycles. The van der Waals surface area contributed by atoms with E-state index in [2.05, 4.69) is 13.8 Å². The van der Waals surface area contributed by atoms with E-state index in [1.165, 1.54) is 6.42 Å². The van der Waals surface area contributed by atoms with Crippen LogP contribution in [0.2, 0.25) is 0 Å². The summed E-state index contributed by atoms with van der Waals surface area (Å²) in [5, 5.41) is 0.817. The van der Waals surface area contributed by atoms with E-state index in [1.807, 2.05) is 11.4 Å². The highest BCUT2D eigenvalue weighted by atomic mass is 32.7. The molecular weight excluding hydrogens is 139 g/mol. The molecule has 8 heavy (non-hydrogen) atoms. The van der Waals surface area contributed by atoms with Crippen molar-refractivity contribution in [3.05, 3.63) is 0 Å². The highest BCUT2D eigenvalue weighted by Gasteiger charge is 2.14. The number of hydrogen-bond acceptors (Lipinski definition) is 2. The van der Waals surface area contributed by atoms with Crippen molar-refractivity contribution in [1.29, 1.82) is 0 Å². The van der Waals surface area contributed by atoms with Crippen LogP contribution in [0.5, 0.6) is 0 Å². The zero-order valence-corrected chi connectivity index (χ0v) is 6.99. The third kappa shape index (κ3) is 1.93. The first kappa shape index (κ1) is 6.85. The van der Waals surface area contributed by atoms with Crippen LogP contribution in [0.1, 0.15) is 20.3 Å². The van der Waals surface area contributed by atoms with E-state index < -0.39 is 0 Å². The van der Waals surface area contributed by atoms with Crippen LogP contribution in [0.3, 0.4) is 0 Å². The van der Waals surface area contributed by atoms with Gasteiger partial charge in [-0.2, -0.15) is 0 Å². The second kappa shape index (κ2) is 3.05. The van der Waals surface area contributed by atoms with Gasteiger partial charge in [0.15, 0.2) is 0 Å². The van der Waals surface area contributed by atoms with Gasteiger partial charge in [-0.1, -0.05) is 6.92 Å². The van der Waals surface area contributed by atoms with Crippen LogP contribution in [0.25, 0.3) is 0 Å². The Hall–Kier alpha value is 0.740. The summed E-state index contributed by atoms with van der Waals surface area (Å²) in [5.41, 5.74) is 0. The normalized spacial score (nSPS) is 42.8. The Bertz CT molecular complexity index is 70.8. The van der Waals surface area contributed by atoms with Gasteiger partial charge in [0.1, 0.15) is 0 Å². The summed E-state index contributed by atoms with van der Waals surface area (Å²) >= 11 is 1.93. The van der Waals surface area contributed by atoms with Gasteiger partial charge in [-0.05, 0) is 13.3 Å². The monoisotopic (exact) mass is 150 g/mol.